The first-order chi connectivity index (χ1) is 15.6. The van der Waals surface area contributed by atoms with Gasteiger partial charge in [-0.05, 0) is 39.8 Å². The topological polar surface area (TPSA) is 143 Å². The lowest BCUT2D eigenvalue weighted by atomic mass is 10.1. The number of hydrogen-bond donors (Lipinski definition) is 2. The maximum absolute atomic E-state index is 13.7. The fraction of sp³-hybridized carbons (Fsp3) is 0.429. The standard InChI is InChI=1S/C21H29N6O5P/c1-5-30-20(28)21(3,4)26-33(29,32-16-9-7-6-8-10-16)14-31-15(2)11-27-13-25-17-18(22)23-12-24-19(17)27/h6-10,12-13,15H,5,11,14H2,1-4H3,(H,26,29)(H2,22,23,24). The summed E-state index contributed by atoms with van der Waals surface area (Å²) in [5.74, 6) is 0.132. The van der Waals surface area contributed by atoms with Crippen LogP contribution in [0.2, 0.25) is 0 Å². The number of para-hydroxylation sites is 1. The van der Waals surface area contributed by atoms with E-state index in [9.17, 15) is 9.36 Å². The van der Waals surface area contributed by atoms with Crippen molar-refractivity contribution >= 4 is 30.5 Å². The number of imidazole rings is 1. The summed E-state index contributed by atoms with van der Waals surface area (Å²) in [6.45, 7) is 7.26. The van der Waals surface area contributed by atoms with E-state index >= 15 is 0 Å². The number of nitrogens with zero attached hydrogens (tertiary/aromatic N) is 4. The summed E-state index contributed by atoms with van der Waals surface area (Å²) in [5.41, 5.74) is 5.65. The zero-order chi connectivity index (χ0) is 24.1. The van der Waals surface area contributed by atoms with E-state index < -0.39 is 25.1 Å². The molecule has 2 heterocycles. The van der Waals surface area contributed by atoms with E-state index in [-0.39, 0.29) is 13.0 Å². The van der Waals surface area contributed by atoms with Gasteiger partial charge in [0.15, 0.2) is 11.5 Å². The van der Waals surface area contributed by atoms with E-state index in [0.29, 0.717) is 29.3 Å². The molecular formula is C21H29N6O5P. The van der Waals surface area contributed by atoms with Crippen LogP contribution in [-0.2, 0) is 25.4 Å². The normalized spacial score (nSPS) is 14.5. The summed E-state index contributed by atoms with van der Waals surface area (Å²) in [5, 5.41) is 2.83. The van der Waals surface area contributed by atoms with Crippen molar-refractivity contribution in [1.29, 1.82) is 0 Å². The molecule has 3 rings (SSSR count). The lowest BCUT2D eigenvalue weighted by molar-refractivity contribution is -0.149. The largest absolute Gasteiger partial charge is 0.465 e. The summed E-state index contributed by atoms with van der Waals surface area (Å²) >= 11 is 0. The second-order valence-electron chi connectivity index (χ2n) is 7.97. The third kappa shape index (κ3) is 6.28. The fourth-order valence-electron chi connectivity index (χ4n) is 3.10. The number of carbonyl (C=O) groups is 1. The van der Waals surface area contributed by atoms with Crippen molar-refractivity contribution < 1.29 is 23.4 Å². The molecule has 178 valence electrons. The van der Waals surface area contributed by atoms with Gasteiger partial charge in [0.1, 0.15) is 29.5 Å². The van der Waals surface area contributed by atoms with Crippen LogP contribution in [0.4, 0.5) is 5.82 Å². The Kier molecular flexibility index (Phi) is 7.68. The van der Waals surface area contributed by atoms with Gasteiger partial charge in [0.25, 0.3) is 0 Å². The number of benzene rings is 1. The Hall–Kier alpha value is -3.01. The number of nitrogens with two attached hydrogens (primary N) is 1. The van der Waals surface area contributed by atoms with E-state index in [1.165, 1.54) is 6.33 Å². The van der Waals surface area contributed by atoms with Crippen LogP contribution < -0.4 is 15.3 Å². The van der Waals surface area contributed by atoms with Gasteiger partial charge >= 0.3 is 13.5 Å². The smallest absolute Gasteiger partial charge is 0.342 e. The van der Waals surface area contributed by atoms with Crippen LogP contribution in [0.15, 0.2) is 43.0 Å². The summed E-state index contributed by atoms with van der Waals surface area (Å²) < 4.78 is 32.3. The monoisotopic (exact) mass is 476 g/mol. The van der Waals surface area contributed by atoms with Gasteiger partial charge in [-0.15, -0.1) is 0 Å². The maximum atomic E-state index is 13.7. The Morgan fingerprint density at radius 3 is 2.67 bits per heavy atom. The van der Waals surface area contributed by atoms with Crippen molar-refractivity contribution in [3.63, 3.8) is 0 Å². The molecule has 0 aliphatic heterocycles. The second kappa shape index (κ2) is 10.3. The van der Waals surface area contributed by atoms with Crippen molar-refractivity contribution in [3.05, 3.63) is 43.0 Å². The predicted octanol–water partition coefficient (Wildman–Crippen LogP) is 2.97. The highest BCUT2D eigenvalue weighted by atomic mass is 31.2. The van der Waals surface area contributed by atoms with Crippen LogP contribution in [0.5, 0.6) is 5.75 Å². The molecule has 0 saturated carbocycles. The number of nitrogen functional groups attached to an aromatic ring is 1. The van der Waals surface area contributed by atoms with E-state index in [0.717, 1.165) is 0 Å². The lowest BCUT2D eigenvalue weighted by Gasteiger charge is -2.30. The number of carbonyl (C=O) groups excluding carboxylic acids is 1. The molecule has 3 N–H and O–H groups in total. The number of hydrogen-bond acceptors (Lipinski definition) is 9. The minimum absolute atomic E-state index is 0.203. The maximum Gasteiger partial charge on any atom is 0.342 e. The second-order valence-corrected chi connectivity index (χ2v) is 9.98. The summed E-state index contributed by atoms with van der Waals surface area (Å²) in [6, 6.07) is 8.69. The molecule has 0 bridgehead atoms. The van der Waals surface area contributed by atoms with Gasteiger partial charge in [-0.3, -0.25) is 9.36 Å². The van der Waals surface area contributed by atoms with Crippen LogP contribution >= 0.6 is 7.52 Å². The zero-order valence-corrected chi connectivity index (χ0v) is 20.0. The molecule has 0 fully saturated rings. The molecule has 2 unspecified atom stereocenters. The number of anilines is 1. The van der Waals surface area contributed by atoms with Crippen molar-refractivity contribution in [2.75, 3.05) is 18.7 Å². The lowest BCUT2D eigenvalue weighted by Crippen LogP contribution is -2.47. The van der Waals surface area contributed by atoms with Crippen molar-refractivity contribution in [2.45, 2.75) is 45.9 Å². The Morgan fingerprint density at radius 1 is 1.24 bits per heavy atom. The molecule has 11 nitrogen and oxygen atoms in total. The van der Waals surface area contributed by atoms with Crippen LogP contribution in [0.25, 0.3) is 11.2 Å². The minimum Gasteiger partial charge on any atom is -0.465 e. The van der Waals surface area contributed by atoms with Crippen molar-refractivity contribution in [3.8, 4) is 5.75 Å². The average Bonchev–Trinajstić information content (AvgIpc) is 3.17. The highest BCUT2D eigenvalue weighted by Gasteiger charge is 2.39. The number of fused-ring (bicyclic) bond motifs is 1. The van der Waals surface area contributed by atoms with Crippen LogP contribution in [0.3, 0.4) is 0 Å². The number of nitrogens with one attached hydrogen (secondary N) is 1. The van der Waals surface area contributed by atoms with Crippen molar-refractivity contribution in [1.82, 2.24) is 24.6 Å². The molecule has 0 aliphatic rings. The Bertz CT molecular complexity index is 1140. The van der Waals surface area contributed by atoms with Crippen LogP contribution in [0, 0.1) is 0 Å². The van der Waals surface area contributed by atoms with Gasteiger partial charge < -0.3 is 24.3 Å². The predicted molar refractivity (Wildman–Crippen MR) is 124 cm³/mol. The molecule has 0 aliphatic carbocycles. The molecule has 1 aromatic carbocycles. The van der Waals surface area contributed by atoms with E-state index in [1.807, 2.05) is 13.0 Å². The molecule has 3 aromatic rings. The van der Waals surface area contributed by atoms with Gasteiger partial charge in [-0.25, -0.2) is 20.0 Å². The highest BCUT2D eigenvalue weighted by molar-refractivity contribution is 7.57. The van der Waals surface area contributed by atoms with E-state index in [2.05, 4.69) is 20.0 Å². The van der Waals surface area contributed by atoms with Gasteiger partial charge in [-0.2, -0.15) is 0 Å². The van der Waals surface area contributed by atoms with Crippen LogP contribution in [-0.4, -0.2) is 50.1 Å². The third-order valence-corrected chi connectivity index (χ3v) is 6.54. The number of ether oxygens (including phenoxy) is 2. The molecule has 0 radical (unpaired) electrons. The molecule has 0 amide bonds. The molecule has 2 aromatic heterocycles. The summed E-state index contributed by atoms with van der Waals surface area (Å²) in [4.78, 5) is 24.7. The number of aromatic nitrogens is 4. The fourth-order valence-corrected chi connectivity index (χ4v) is 5.12. The first-order valence-corrected chi connectivity index (χ1v) is 12.3. The zero-order valence-electron chi connectivity index (χ0n) is 19.1. The molecule has 2 atom stereocenters. The first kappa shape index (κ1) is 24.6. The SMILES string of the molecule is CCOC(=O)C(C)(C)NP(=O)(COC(C)Cn1cnc2c(N)ncnc21)Oc1ccccc1. The Balaban J connectivity index is 1.74. The molecule has 12 heteroatoms. The van der Waals surface area contributed by atoms with Gasteiger partial charge in [-0.1, -0.05) is 18.2 Å². The Morgan fingerprint density at radius 2 is 1.97 bits per heavy atom. The van der Waals surface area contributed by atoms with Crippen molar-refractivity contribution in [2.24, 2.45) is 0 Å². The summed E-state index contributed by atoms with van der Waals surface area (Å²) in [7, 11) is -3.68. The number of rotatable bonds is 11. The van der Waals surface area contributed by atoms with E-state index in [4.69, 9.17) is 19.7 Å². The Labute approximate surface area is 192 Å². The number of esters is 1. The van der Waals surface area contributed by atoms with Crippen LogP contribution in [0.1, 0.15) is 27.7 Å². The van der Waals surface area contributed by atoms with Gasteiger partial charge in [0.2, 0.25) is 0 Å². The van der Waals surface area contributed by atoms with Gasteiger partial charge in [0.05, 0.1) is 25.6 Å². The molecule has 0 spiro atoms. The summed E-state index contributed by atoms with van der Waals surface area (Å²) in [6.07, 6.45) is 2.29. The van der Waals surface area contributed by atoms with Gasteiger partial charge in [0, 0.05) is 0 Å². The first-order valence-electron chi connectivity index (χ1n) is 10.5. The highest BCUT2D eigenvalue weighted by Crippen LogP contribution is 2.45. The third-order valence-electron chi connectivity index (χ3n) is 4.64. The minimum atomic E-state index is -3.68. The molecule has 33 heavy (non-hydrogen) atoms. The van der Waals surface area contributed by atoms with E-state index in [1.54, 1.807) is 55.9 Å². The average molecular weight is 476 g/mol. The molecule has 0 saturated heterocycles. The quantitative estimate of drug-likeness (QED) is 0.313. The molecular weight excluding hydrogens is 447 g/mol.